The summed E-state index contributed by atoms with van der Waals surface area (Å²) in [7, 11) is 0. The zero-order valence-corrected chi connectivity index (χ0v) is 15.0. The fraction of sp³-hybridized carbons (Fsp3) is 0.0952. The second-order valence-electron chi connectivity index (χ2n) is 6.41. The summed E-state index contributed by atoms with van der Waals surface area (Å²) in [5.74, 6) is 0.159. The maximum Gasteiger partial charge on any atom is 0.250 e. The standard InChI is InChI=1S/C21H14FN3OS/c22-15-10-8-14(9-11-15)18-12-19(26)25-21(27-18)23-20(24-25)17-7-3-5-13-4-1-2-6-16(13)17/h1-11,18H,12H2. The largest absolute Gasteiger partial charge is 0.272 e. The Balaban J connectivity index is 1.56. The van der Waals surface area contributed by atoms with Gasteiger partial charge in [-0.1, -0.05) is 66.4 Å². The van der Waals surface area contributed by atoms with E-state index in [1.807, 2.05) is 42.5 Å². The van der Waals surface area contributed by atoms with Gasteiger partial charge in [0.25, 0.3) is 5.91 Å². The molecule has 0 N–H and O–H groups in total. The first-order valence-electron chi connectivity index (χ1n) is 8.59. The molecule has 0 saturated carbocycles. The molecule has 27 heavy (non-hydrogen) atoms. The molecule has 0 bridgehead atoms. The number of nitrogens with zero attached hydrogens (tertiary/aromatic N) is 3. The average molecular weight is 375 g/mol. The van der Waals surface area contributed by atoms with Crippen LogP contribution in [0.15, 0.2) is 71.9 Å². The number of rotatable bonds is 2. The molecule has 0 fully saturated rings. The fourth-order valence-electron chi connectivity index (χ4n) is 3.35. The molecule has 1 aromatic heterocycles. The van der Waals surface area contributed by atoms with Crippen molar-refractivity contribution < 1.29 is 9.18 Å². The van der Waals surface area contributed by atoms with Crippen LogP contribution in [-0.2, 0) is 0 Å². The van der Waals surface area contributed by atoms with Crippen molar-refractivity contribution >= 4 is 28.4 Å². The Labute approximate surface area is 159 Å². The first kappa shape index (κ1) is 16.2. The van der Waals surface area contributed by atoms with Gasteiger partial charge in [0.2, 0.25) is 0 Å². The van der Waals surface area contributed by atoms with Gasteiger partial charge in [0.15, 0.2) is 11.0 Å². The molecule has 5 rings (SSSR count). The molecule has 6 heteroatoms. The minimum absolute atomic E-state index is 0.0878. The minimum atomic E-state index is -0.285. The van der Waals surface area contributed by atoms with Gasteiger partial charge in [-0.3, -0.25) is 4.79 Å². The molecule has 1 atom stereocenters. The lowest BCUT2D eigenvalue weighted by Crippen LogP contribution is -2.20. The van der Waals surface area contributed by atoms with Gasteiger partial charge in [-0.2, -0.15) is 4.68 Å². The quantitative estimate of drug-likeness (QED) is 0.488. The monoisotopic (exact) mass is 375 g/mol. The topological polar surface area (TPSA) is 47.8 Å². The minimum Gasteiger partial charge on any atom is -0.272 e. The van der Waals surface area contributed by atoms with E-state index in [0.717, 1.165) is 21.9 Å². The van der Waals surface area contributed by atoms with E-state index >= 15 is 0 Å². The van der Waals surface area contributed by atoms with Gasteiger partial charge in [0.05, 0.1) is 0 Å². The molecule has 2 heterocycles. The van der Waals surface area contributed by atoms with Gasteiger partial charge in [-0.05, 0) is 28.5 Å². The van der Waals surface area contributed by atoms with Crippen LogP contribution >= 0.6 is 11.8 Å². The number of thioether (sulfide) groups is 1. The van der Waals surface area contributed by atoms with Crippen LogP contribution in [0.2, 0.25) is 0 Å². The summed E-state index contributed by atoms with van der Waals surface area (Å²) in [4.78, 5) is 17.3. The third-order valence-corrected chi connectivity index (χ3v) is 5.89. The molecular weight excluding hydrogens is 361 g/mol. The van der Waals surface area contributed by atoms with E-state index in [9.17, 15) is 9.18 Å². The summed E-state index contributed by atoms with van der Waals surface area (Å²) >= 11 is 1.49. The highest BCUT2D eigenvalue weighted by Crippen LogP contribution is 2.41. The summed E-state index contributed by atoms with van der Waals surface area (Å²) in [6, 6.07) is 20.3. The number of benzene rings is 3. The molecule has 1 aliphatic heterocycles. The molecule has 1 aliphatic rings. The summed E-state index contributed by atoms with van der Waals surface area (Å²) < 4.78 is 14.6. The second-order valence-corrected chi connectivity index (χ2v) is 7.58. The highest BCUT2D eigenvalue weighted by atomic mass is 32.2. The summed E-state index contributed by atoms with van der Waals surface area (Å²) in [6.07, 6.45) is 0.307. The van der Waals surface area contributed by atoms with E-state index in [4.69, 9.17) is 0 Å². The van der Waals surface area contributed by atoms with Crippen molar-refractivity contribution in [2.75, 3.05) is 0 Å². The molecule has 132 valence electrons. The van der Waals surface area contributed by atoms with Gasteiger partial charge in [-0.25, -0.2) is 9.37 Å². The van der Waals surface area contributed by atoms with Crippen molar-refractivity contribution in [2.24, 2.45) is 0 Å². The summed E-state index contributed by atoms with van der Waals surface area (Å²) in [5.41, 5.74) is 1.82. The average Bonchev–Trinajstić information content (AvgIpc) is 3.13. The van der Waals surface area contributed by atoms with Crippen LogP contribution in [0.5, 0.6) is 0 Å². The van der Waals surface area contributed by atoms with E-state index in [1.54, 1.807) is 12.1 Å². The van der Waals surface area contributed by atoms with Crippen LogP contribution in [0.4, 0.5) is 4.39 Å². The molecule has 1 unspecified atom stereocenters. The van der Waals surface area contributed by atoms with Crippen LogP contribution in [-0.4, -0.2) is 20.7 Å². The van der Waals surface area contributed by atoms with E-state index < -0.39 is 0 Å². The van der Waals surface area contributed by atoms with Crippen molar-refractivity contribution in [3.63, 3.8) is 0 Å². The zero-order chi connectivity index (χ0) is 18.4. The molecular formula is C21H14FN3OS. The lowest BCUT2D eigenvalue weighted by molar-refractivity contribution is 0.0868. The molecule has 4 nitrogen and oxygen atoms in total. The molecule has 0 aliphatic carbocycles. The number of carbonyl (C=O) groups is 1. The van der Waals surface area contributed by atoms with E-state index in [-0.39, 0.29) is 17.0 Å². The first-order chi connectivity index (χ1) is 13.2. The van der Waals surface area contributed by atoms with Crippen molar-refractivity contribution in [1.29, 1.82) is 0 Å². The molecule has 3 aromatic carbocycles. The van der Waals surface area contributed by atoms with Crippen LogP contribution < -0.4 is 0 Å². The fourth-order valence-corrected chi connectivity index (χ4v) is 4.50. The Kier molecular flexibility index (Phi) is 3.79. The SMILES string of the molecule is O=C1CC(c2ccc(F)cc2)Sc2nc(-c3cccc4ccccc34)nn21. The predicted octanol–water partition coefficient (Wildman–Crippen LogP) is 5.11. The van der Waals surface area contributed by atoms with Gasteiger partial charge in [0, 0.05) is 17.2 Å². The van der Waals surface area contributed by atoms with E-state index in [2.05, 4.69) is 10.1 Å². The number of fused-ring (bicyclic) bond motifs is 2. The third-order valence-electron chi connectivity index (χ3n) is 4.69. The molecule has 4 aromatic rings. The van der Waals surface area contributed by atoms with Crippen molar-refractivity contribution in [1.82, 2.24) is 14.8 Å². The van der Waals surface area contributed by atoms with Crippen molar-refractivity contribution in [3.05, 3.63) is 78.1 Å². The summed E-state index contributed by atoms with van der Waals surface area (Å²) in [5, 5.41) is 7.11. The highest BCUT2D eigenvalue weighted by molar-refractivity contribution is 7.99. The molecule has 0 saturated heterocycles. The predicted molar refractivity (Wildman–Crippen MR) is 103 cm³/mol. The zero-order valence-electron chi connectivity index (χ0n) is 14.2. The van der Waals surface area contributed by atoms with Crippen LogP contribution in [0.3, 0.4) is 0 Å². The van der Waals surface area contributed by atoms with Crippen LogP contribution in [0.25, 0.3) is 22.2 Å². The Morgan fingerprint density at radius 1 is 1.00 bits per heavy atom. The lowest BCUT2D eigenvalue weighted by Gasteiger charge is -2.20. The van der Waals surface area contributed by atoms with Gasteiger partial charge >= 0.3 is 0 Å². The number of aromatic nitrogens is 3. The van der Waals surface area contributed by atoms with E-state index in [0.29, 0.717) is 17.4 Å². The third kappa shape index (κ3) is 2.82. The lowest BCUT2D eigenvalue weighted by atomic mass is 10.0. The normalized spacial score (nSPS) is 16.5. The Morgan fingerprint density at radius 3 is 2.63 bits per heavy atom. The van der Waals surface area contributed by atoms with Crippen molar-refractivity contribution in [2.45, 2.75) is 16.8 Å². The molecule has 0 amide bonds. The smallest absolute Gasteiger partial charge is 0.250 e. The Bertz CT molecular complexity index is 1160. The Morgan fingerprint density at radius 2 is 1.78 bits per heavy atom. The van der Waals surface area contributed by atoms with Gasteiger partial charge < -0.3 is 0 Å². The highest BCUT2D eigenvalue weighted by Gasteiger charge is 2.30. The maximum absolute atomic E-state index is 13.2. The second kappa shape index (κ2) is 6.32. The first-order valence-corrected chi connectivity index (χ1v) is 9.47. The number of halogens is 1. The van der Waals surface area contributed by atoms with Gasteiger partial charge in [-0.15, -0.1) is 5.10 Å². The van der Waals surface area contributed by atoms with Crippen LogP contribution in [0, 0.1) is 5.82 Å². The number of carbonyl (C=O) groups excluding carboxylic acids is 1. The van der Waals surface area contributed by atoms with Crippen LogP contribution in [0.1, 0.15) is 22.0 Å². The molecule has 0 spiro atoms. The van der Waals surface area contributed by atoms with Gasteiger partial charge in [0.1, 0.15) is 5.82 Å². The number of hydrogen-bond donors (Lipinski definition) is 0. The van der Waals surface area contributed by atoms with Crippen molar-refractivity contribution in [3.8, 4) is 11.4 Å². The van der Waals surface area contributed by atoms with E-state index in [1.165, 1.54) is 28.6 Å². The Hall–Kier alpha value is -2.99. The maximum atomic E-state index is 13.2. The molecule has 0 radical (unpaired) electrons. The number of hydrogen-bond acceptors (Lipinski definition) is 4. The summed E-state index contributed by atoms with van der Waals surface area (Å²) in [6.45, 7) is 0.